The van der Waals surface area contributed by atoms with E-state index >= 15 is 0 Å². The molecule has 0 bridgehead atoms. The maximum atomic E-state index is 12.4. The van der Waals surface area contributed by atoms with Gasteiger partial charge in [-0.1, -0.05) is 0 Å². The zero-order chi connectivity index (χ0) is 12.4. The van der Waals surface area contributed by atoms with Gasteiger partial charge in [-0.2, -0.15) is 0 Å². The Balaban J connectivity index is 1.89. The van der Waals surface area contributed by atoms with E-state index in [0.717, 1.165) is 55.1 Å². The number of furan rings is 1. The van der Waals surface area contributed by atoms with E-state index in [1.54, 1.807) is 6.26 Å². The third-order valence-corrected chi connectivity index (χ3v) is 3.33. The zero-order valence-corrected chi connectivity index (χ0v) is 10.2. The first-order valence-corrected chi connectivity index (χ1v) is 6.34. The molecule has 0 aromatic carbocycles. The first-order valence-electron chi connectivity index (χ1n) is 6.34. The maximum Gasteiger partial charge on any atom is 0.188 e. The van der Waals surface area contributed by atoms with Crippen LogP contribution in [0, 0.1) is 0 Å². The van der Waals surface area contributed by atoms with Gasteiger partial charge in [0.05, 0.1) is 6.26 Å². The average molecular weight is 244 g/mol. The number of carbonyl (C=O) groups is 1. The Morgan fingerprint density at radius 2 is 2.06 bits per heavy atom. The van der Waals surface area contributed by atoms with Crippen LogP contribution in [0.25, 0.3) is 6.08 Å². The molecule has 1 aromatic rings. The Morgan fingerprint density at radius 1 is 1.22 bits per heavy atom. The van der Waals surface area contributed by atoms with Crippen molar-refractivity contribution in [3.05, 3.63) is 41.1 Å². The summed E-state index contributed by atoms with van der Waals surface area (Å²) in [4.78, 5) is 12.4. The van der Waals surface area contributed by atoms with Gasteiger partial charge in [-0.3, -0.25) is 4.79 Å². The lowest BCUT2D eigenvalue weighted by Crippen LogP contribution is -2.22. The molecule has 18 heavy (non-hydrogen) atoms. The number of rotatable bonds is 1. The van der Waals surface area contributed by atoms with Gasteiger partial charge in [0.1, 0.15) is 11.6 Å². The van der Waals surface area contributed by atoms with Crippen LogP contribution in [0.1, 0.15) is 25.0 Å². The molecule has 94 valence electrons. The van der Waals surface area contributed by atoms with E-state index in [2.05, 4.69) is 10.6 Å². The number of hydrogen-bond donors (Lipinski definition) is 2. The first-order chi connectivity index (χ1) is 8.84. The Hall–Kier alpha value is -1.97. The second-order valence-electron chi connectivity index (χ2n) is 4.57. The van der Waals surface area contributed by atoms with Gasteiger partial charge in [-0.25, -0.2) is 0 Å². The van der Waals surface area contributed by atoms with E-state index in [4.69, 9.17) is 4.42 Å². The van der Waals surface area contributed by atoms with Crippen molar-refractivity contribution in [2.75, 3.05) is 13.1 Å². The molecular formula is C14H16N2O2. The predicted molar refractivity (Wildman–Crippen MR) is 68.6 cm³/mol. The van der Waals surface area contributed by atoms with Crippen molar-refractivity contribution < 1.29 is 9.21 Å². The van der Waals surface area contributed by atoms with Crippen molar-refractivity contribution >= 4 is 11.9 Å². The SMILES string of the molecule is O=C1C(=C2NCCN2)CCC/C1=C\c1ccco1. The van der Waals surface area contributed by atoms with Crippen LogP contribution in [-0.2, 0) is 4.79 Å². The highest BCUT2D eigenvalue weighted by Gasteiger charge is 2.25. The number of hydrogen-bond acceptors (Lipinski definition) is 4. The van der Waals surface area contributed by atoms with Crippen molar-refractivity contribution in [3.8, 4) is 0 Å². The van der Waals surface area contributed by atoms with Gasteiger partial charge in [0, 0.05) is 24.2 Å². The summed E-state index contributed by atoms with van der Waals surface area (Å²) in [6.45, 7) is 1.78. The van der Waals surface area contributed by atoms with E-state index in [-0.39, 0.29) is 5.78 Å². The molecule has 0 atom stereocenters. The molecule has 0 radical (unpaired) electrons. The Kier molecular flexibility index (Phi) is 2.92. The van der Waals surface area contributed by atoms with Crippen LogP contribution in [0.15, 0.2) is 39.8 Å². The van der Waals surface area contributed by atoms with E-state index in [9.17, 15) is 4.79 Å². The van der Waals surface area contributed by atoms with Gasteiger partial charge in [-0.15, -0.1) is 0 Å². The monoisotopic (exact) mass is 244 g/mol. The number of ketones is 1. The molecule has 0 amide bonds. The minimum Gasteiger partial charge on any atom is -0.465 e. The number of nitrogens with one attached hydrogen (secondary N) is 2. The molecule has 4 heteroatoms. The van der Waals surface area contributed by atoms with Crippen LogP contribution in [0.2, 0.25) is 0 Å². The summed E-state index contributed by atoms with van der Waals surface area (Å²) in [5.74, 6) is 1.82. The van der Waals surface area contributed by atoms with Crippen molar-refractivity contribution in [1.82, 2.24) is 10.6 Å². The lowest BCUT2D eigenvalue weighted by Gasteiger charge is -2.18. The molecule has 3 rings (SSSR count). The van der Waals surface area contributed by atoms with Crippen LogP contribution >= 0.6 is 0 Å². The number of allylic oxidation sites excluding steroid dienone is 2. The zero-order valence-electron chi connectivity index (χ0n) is 10.2. The molecule has 1 saturated heterocycles. The van der Waals surface area contributed by atoms with Crippen LogP contribution in [-0.4, -0.2) is 18.9 Å². The van der Waals surface area contributed by atoms with Gasteiger partial charge < -0.3 is 15.1 Å². The fraction of sp³-hybridized carbons (Fsp3) is 0.357. The quantitative estimate of drug-likeness (QED) is 0.740. The van der Waals surface area contributed by atoms with Crippen molar-refractivity contribution in [2.45, 2.75) is 19.3 Å². The van der Waals surface area contributed by atoms with Gasteiger partial charge >= 0.3 is 0 Å². The van der Waals surface area contributed by atoms with Crippen molar-refractivity contribution in [2.24, 2.45) is 0 Å². The molecule has 1 aromatic heterocycles. The summed E-state index contributed by atoms with van der Waals surface area (Å²) in [7, 11) is 0. The van der Waals surface area contributed by atoms with E-state index in [1.807, 2.05) is 18.2 Å². The third kappa shape index (κ3) is 2.06. The number of Topliss-reactive ketones (excluding diaryl/α,β-unsaturated/α-hetero) is 1. The Labute approximate surface area is 106 Å². The molecular weight excluding hydrogens is 228 g/mol. The molecule has 1 saturated carbocycles. The highest BCUT2D eigenvalue weighted by Crippen LogP contribution is 2.27. The normalized spacial score (nSPS) is 22.2. The van der Waals surface area contributed by atoms with Crippen LogP contribution in [0.3, 0.4) is 0 Å². The Morgan fingerprint density at radius 3 is 2.78 bits per heavy atom. The molecule has 2 heterocycles. The van der Waals surface area contributed by atoms with Gasteiger partial charge in [0.25, 0.3) is 0 Å². The summed E-state index contributed by atoms with van der Waals surface area (Å²) in [5, 5.41) is 6.47. The van der Waals surface area contributed by atoms with Gasteiger partial charge in [0.15, 0.2) is 5.78 Å². The van der Waals surface area contributed by atoms with Gasteiger partial charge in [0.2, 0.25) is 0 Å². The van der Waals surface area contributed by atoms with Crippen LogP contribution in [0.4, 0.5) is 0 Å². The fourth-order valence-electron chi connectivity index (χ4n) is 2.45. The fourth-order valence-corrected chi connectivity index (χ4v) is 2.45. The summed E-state index contributed by atoms with van der Waals surface area (Å²) in [6.07, 6.45) is 6.18. The summed E-state index contributed by atoms with van der Waals surface area (Å²) < 4.78 is 5.27. The lowest BCUT2D eigenvalue weighted by atomic mass is 9.88. The summed E-state index contributed by atoms with van der Waals surface area (Å²) >= 11 is 0. The van der Waals surface area contributed by atoms with Gasteiger partial charge in [-0.05, 0) is 37.5 Å². The Bertz CT molecular complexity index is 504. The summed E-state index contributed by atoms with van der Waals surface area (Å²) in [6, 6.07) is 3.70. The first kappa shape index (κ1) is 11.1. The molecule has 1 aliphatic heterocycles. The summed E-state index contributed by atoms with van der Waals surface area (Å²) in [5.41, 5.74) is 1.73. The molecule has 2 N–H and O–H groups in total. The lowest BCUT2D eigenvalue weighted by molar-refractivity contribution is -0.113. The minimum absolute atomic E-state index is 0.148. The smallest absolute Gasteiger partial charge is 0.188 e. The molecule has 2 fully saturated rings. The van der Waals surface area contributed by atoms with E-state index in [0.29, 0.717) is 0 Å². The van der Waals surface area contributed by atoms with Crippen LogP contribution in [0.5, 0.6) is 0 Å². The number of carbonyl (C=O) groups excluding carboxylic acids is 1. The largest absolute Gasteiger partial charge is 0.465 e. The molecule has 1 aliphatic carbocycles. The second kappa shape index (κ2) is 4.72. The maximum absolute atomic E-state index is 12.4. The standard InChI is InChI=1S/C14H16N2O2/c17-13-10(9-11-4-2-8-18-11)3-1-5-12(13)14-15-6-7-16-14/h2,4,8-9,15-16H,1,3,5-7H2/b10-9+. The third-order valence-electron chi connectivity index (χ3n) is 3.33. The molecule has 0 unspecified atom stereocenters. The van der Waals surface area contributed by atoms with Crippen molar-refractivity contribution in [3.63, 3.8) is 0 Å². The predicted octanol–water partition coefficient (Wildman–Crippen LogP) is 1.82. The van der Waals surface area contributed by atoms with E-state index < -0.39 is 0 Å². The molecule has 0 spiro atoms. The topological polar surface area (TPSA) is 54.3 Å². The highest BCUT2D eigenvalue weighted by molar-refractivity contribution is 6.11. The van der Waals surface area contributed by atoms with E-state index in [1.165, 1.54) is 0 Å². The average Bonchev–Trinajstić information content (AvgIpc) is 3.04. The molecule has 4 nitrogen and oxygen atoms in total. The van der Waals surface area contributed by atoms with Crippen molar-refractivity contribution in [1.29, 1.82) is 0 Å². The molecule has 2 aliphatic rings. The highest BCUT2D eigenvalue weighted by atomic mass is 16.3. The second-order valence-corrected chi connectivity index (χ2v) is 4.57. The minimum atomic E-state index is 0.148. The van der Waals surface area contributed by atoms with Crippen LogP contribution < -0.4 is 10.6 Å².